The standard InChI is InChI=1S/C35H48N4O6S/c1-23-15-16-24(2)26(21-23)29(30(40)37-28(32(42)44-34(3,4)5)22-25-13-11-10-12-14-25)39(19-18-36)31(41)27(17-20-46-9)38-33(43)45-35(6,7)8/h10-16,21,27-29H,17,19-20,22H2,1-9H3,(H,37,40)(H,38,43). The molecule has 0 saturated heterocycles. The fourth-order valence-corrected chi connectivity index (χ4v) is 5.16. The van der Waals surface area contributed by atoms with Gasteiger partial charge in [0.25, 0.3) is 0 Å². The summed E-state index contributed by atoms with van der Waals surface area (Å²) in [6, 6.07) is 13.3. The van der Waals surface area contributed by atoms with Crippen molar-refractivity contribution >= 4 is 35.6 Å². The Bertz CT molecular complexity index is 1390. The molecule has 0 aromatic heterocycles. The number of thioether (sulfide) groups is 1. The number of carbonyl (C=O) groups excluding carboxylic acids is 4. The van der Waals surface area contributed by atoms with E-state index in [0.717, 1.165) is 16.0 Å². The van der Waals surface area contributed by atoms with E-state index in [2.05, 4.69) is 10.6 Å². The Labute approximate surface area is 277 Å². The number of aryl methyl sites for hydroxylation is 2. The molecule has 2 rings (SSSR count). The predicted octanol–water partition coefficient (Wildman–Crippen LogP) is 5.41. The highest BCUT2D eigenvalue weighted by molar-refractivity contribution is 7.98. The maximum absolute atomic E-state index is 14.4. The van der Waals surface area contributed by atoms with Crippen molar-refractivity contribution < 1.29 is 28.7 Å². The zero-order valence-corrected chi connectivity index (χ0v) is 29.2. The number of alkyl carbamates (subject to hydrolysis) is 1. The summed E-state index contributed by atoms with van der Waals surface area (Å²) >= 11 is 1.49. The van der Waals surface area contributed by atoms with Crippen molar-refractivity contribution in [1.29, 1.82) is 5.26 Å². The second kappa shape index (κ2) is 17.0. The third-order valence-electron chi connectivity index (χ3n) is 6.70. The van der Waals surface area contributed by atoms with Gasteiger partial charge in [0.2, 0.25) is 11.8 Å². The van der Waals surface area contributed by atoms with Crippen molar-refractivity contribution in [2.45, 2.75) is 97.6 Å². The summed E-state index contributed by atoms with van der Waals surface area (Å²) < 4.78 is 11.1. The van der Waals surface area contributed by atoms with Gasteiger partial charge in [0, 0.05) is 6.42 Å². The summed E-state index contributed by atoms with van der Waals surface area (Å²) in [6.45, 7) is 13.6. The minimum Gasteiger partial charge on any atom is -0.458 e. The molecule has 0 aliphatic rings. The van der Waals surface area contributed by atoms with Gasteiger partial charge in [-0.15, -0.1) is 0 Å². The molecule has 2 N–H and O–H groups in total. The fraction of sp³-hybridized carbons (Fsp3) is 0.514. The number of rotatable bonds is 13. The second-order valence-corrected chi connectivity index (χ2v) is 14.1. The molecule has 0 saturated carbocycles. The van der Waals surface area contributed by atoms with Gasteiger partial charge in [0.1, 0.15) is 35.9 Å². The smallest absolute Gasteiger partial charge is 0.408 e. The summed E-state index contributed by atoms with van der Waals surface area (Å²) in [5.74, 6) is -1.40. The van der Waals surface area contributed by atoms with Crippen LogP contribution in [0.2, 0.25) is 0 Å². The lowest BCUT2D eigenvalue weighted by molar-refractivity contribution is -0.159. The van der Waals surface area contributed by atoms with Crippen LogP contribution in [-0.4, -0.2) is 70.6 Å². The van der Waals surface area contributed by atoms with Gasteiger partial charge in [-0.1, -0.05) is 54.1 Å². The molecule has 3 atom stereocenters. The molecule has 11 heteroatoms. The van der Waals surface area contributed by atoms with Crippen LogP contribution in [0.25, 0.3) is 0 Å². The minimum atomic E-state index is -1.30. The lowest BCUT2D eigenvalue weighted by Crippen LogP contribution is -2.55. The van der Waals surface area contributed by atoms with Gasteiger partial charge in [-0.2, -0.15) is 17.0 Å². The summed E-state index contributed by atoms with van der Waals surface area (Å²) in [7, 11) is 0. The third-order valence-corrected chi connectivity index (χ3v) is 7.35. The van der Waals surface area contributed by atoms with Crippen molar-refractivity contribution in [1.82, 2.24) is 15.5 Å². The van der Waals surface area contributed by atoms with Crippen molar-refractivity contribution in [3.63, 3.8) is 0 Å². The second-order valence-electron chi connectivity index (χ2n) is 13.2. The highest BCUT2D eigenvalue weighted by atomic mass is 32.2. The van der Waals surface area contributed by atoms with Crippen molar-refractivity contribution in [2.75, 3.05) is 18.6 Å². The molecule has 0 heterocycles. The first-order valence-corrected chi connectivity index (χ1v) is 16.6. The minimum absolute atomic E-state index is 0.143. The molecule has 2 aromatic carbocycles. The van der Waals surface area contributed by atoms with Gasteiger partial charge in [0.15, 0.2) is 0 Å². The predicted molar refractivity (Wildman–Crippen MR) is 180 cm³/mol. The molecule has 0 fully saturated rings. The molecule has 10 nitrogen and oxygen atoms in total. The van der Waals surface area contributed by atoms with Crippen LogP contribution in [0, 0.1) is 25.2 Å². The van der Waals surface area contributed by atoms with Gasteiger partial charge in [-0.25, -0.2) is 9.59 Å². The Kier molecular flexibility index (Phi) is 14.1. The van der Waals surface area contributed by atoms with Crippen LogP contribution in [0.1, 0.15) is 76.3 Å². The number of nitriles is 1. The van der Waals surface area contributed by atoms with Gasteiger partial charge >= 0.3 is 12.1 Å². The number of benzene rings is 2. The van der Waals surface area contributed by atoms with Gasteiger partial charge in [-0.3, -0.25) is 9.59 Å². The van der Waals surface area contributed by atoms with E-state index in [4.69, 9.17) is 9.47 Å². The van der Waals surface area contributed by atoms with Crippen LogP contribution in [0.4, 0.5) is 4.79 Å². The number of hydrogen-bond acceptors (Lipinski definition) is 8. The van der Waals surface area contributed by atoms with Crippen LogP contribution < -0.4 is 10.6 Å². The molecular weight excluding hydrogens is 604 g/mol. The molecule has 3 amide bonds. The van der Waals surface area contributed by atoms with E-state index in [0.29, 0.717) is 16.9 Å². The molecular formula is C35H48N4O6S. The van der Waals surface area contributed by atoms with Crippen LogP contribution in [0.15, 0.2) is 48.5 Å². The first kappa shape index (κ1) is 38.1. The molecule has 0 bridgehead atoms. The van der Waals surface area contributed by atoms with Crippen molar-refractivity contribution in [3.8, 4) is 6.07 Å². The lowest BCUT2D eigenvalue weighted by atomic mass is 9.95. The first-order valence-electron chi connectivity index (χ1n) is 15.3. The Morgan fingerprint density at radius 3 is 2.11 bits per heavy atom. The van der Waals surface area contributed by atoms with E-state index in [9.17, 15) is 24.4 Å². The Balaban J connectivity index is 2.63. The Hall–Kier alpha value is -4.04. The van der Waals surface area contributed by atoms with E-state index in [1.165, 1.54) is 11.8 Å². The van der Waals surface area contributed by atoms with E-state index in [-0.39, 0.29) is 12.8 Å². The number of ether oxygens (including phenoxy) is 2. The third kappa shape index (κ3) is 12.4. The number of nitrogens with one attached hydrogen (secondary N) is 2. The zero-order valence-electron chi connectivity index (χ0n) is 28.4. The largest absolute Gasteiger partial charge is 0.458 e. The molecule has 46 heavy (non-hydrogen) atoms. The monoisotopic (exact) mass is 652 g/mol. The van der Waals surface area contributed by atoms with Gasteiger partial charge in [0.05, 0.1) is 6.07 Å². The lowest BCUT2D eigenvalue weighted by Gasteiger charge is -2.34. The summed E-state index contributed by atoms with van der Waals surface area (Å²) in [5, 5.41) is 15.4. The Morgan fingerprint density at radius 2 is 1.54 bits per heavy atom. The molecule has 2 aromatic rings. The van der Waals surface area contributed by atoms with Gasteiger partial charge < -0.3 is 25.0 Å². The first-order chi connectivity index (χ1) is 21.5. The van der Waals surface area contributed by atoms with E-state index < -0.39 is 59.7 Å². The van der Waals surface area contributed by atoms with Crippen LogP contribution >= 0.6 is 11.8 Å². The van der Waals surface area contributed by atoms with Crippen molar-refractivity contribution in [3.05, 3.63) is 70.8 Å². The average Bonchev–Trinajstić information content (AvgIpc) is 2.94. The maximum atomic E-state index is 14.4. The normalized spacial score (nSPS) is 13.4. The van der Waals surface area contributed by atoms with E-state index >= 15 is 0 Å². The van der Waals surface area contributed by atoms with E-state index in [1.54, 1.807) is 47.6 Å². The number of esters is 1. The SMILES string of the molecule is CSCCC(NC(=O)OC(C)(C)C)C(=O)N(CC#N)C(C(=O)NC(Cc1ccccc1)C(=O)OC(C)(C)C)c1cc(C)ccc1C. The molecule has 250 valence electrons. The van der Waals surface area contributed by atoms with Gasteiger partial charge in [-0.05, 0) is 90.5 Å². The fourth-order valence-electron chi connectivity index (χ4n) is 4.69. The zero-order chi connectivity index (χ0) is 34.7. The molecule has 0 aliphatic carbocycles. The van der Waals surface area contributed by atoms with E-state index in [1.807, 2.05) is 68.6 Å². The number of carbonyl (C=O) groups is 4. The maximum Gasteiger partial charge on any atom is 0.408 e. The highest BCUT2D eigenvalue weighted by Gasteiger charge is 2.39. The quantitative estimate of drug-likeness (QED) is 0.216. The summed E-state index contributed by atoms with van der Waals surface area (Å²) in [4.78, 5) is 56.1. The van der Waals surface area contributed by atoms with Crippen LogP contribution in [0.5, 0.6) is 0 Å². The highest BCUT2D eigenvalue weighted by Crippen LogP contribution is 2.28. The number of amides is 3. The number of hydrogen-bond donors (Lipinski definition) is 2. The topological polar surface area (TPSA) is 138 Å². The number of nitrogens with zero attached hydrogens (tertiary/aromatic N) is 2. The summed E-state index contributed by atoms with van der Waals surface area (Å²) in [6.07, 6.45) is 1.46. The van der Waals surface area contributed by atoms with Crippen LogP contribution in [0.3, 0.4) is 0 Å². The molecule has 0 aliphatic heterocycles. The van der Waals surface area contributed by atoms with Crippen molar-refractivity contribution in [2.24, 2.45) is 0 Å². The average molecular weight is 653 g/mol. The molecule has 0 radical (unpaired) electrons. The summed E-state index contributed by atoms with van der Waals surface area (Å²) in [5.41, 5.74) is 1.21. The Morgan fingerprint density at radius 1 is 0.913 bits per heavy atom. The molecule has 3 unspecified atom stereocenters. The van der Waals surface area contributed by atoms with Crippen LogP contribution in [-0.2, 0) is 30.3 Å². The molecule has 0 spiro atoms.